The van der Waals surface area contributed by atoms with Crippen LogP contribution in [-0.2, 0) is 24.3 Å². The van der Waals surface area contributed by atoms with Gasteiger partial charge in [-0.2, -0.15) is 14.8 Å². The van der Waals surface area contributed by atoms with E-state index in [4.69, 9.17) is 20.4 Å². The minimum Gasteiger partial charge on any atom is -0.375 e. The number of nitrogens with one attached hydrogen (secondary N) is 1. The van der Waals surface area contributed by atoms with Crippen LogP contribution < -0.4 is 11.1 Å². The van der Waals surface area contributed by atoms with Crippen LogP contribution >= 0.6 is 0 Å². The van der Waals surface area contributed by atoms with Crippen LogP contribution in [0.15, 0.2) is 54.7 Å². The number of benzene rings is 2. The van der Waals surface area contributed by atoms with E-state index in [9.17, 15) is 4.79 Å². The Morgan fingerprint density at radius 2 is 2.00 bits per heavy atom. The van der Waals surface area contributed by atoms with E-state index in [2.05, 4.69) is 22.5 Å². The summed E-state index contributed by atoms with van der Waals surface area (Å²) in [6.45, 7) is 1.72. The Morgan fingerprint density at radius 3 is 2.83 bits per heavy atom. The third-order valence-corrected chi connectivity index (χ3v) is 5.19. The zero-order valence-electron chi connectivity index (χ0n) is 16.2. The second-order valence-electron chi connectivity index (χ2n) is 7.10. The van der Waals surface area contributed by atoms with Crippen molar-refractivity contribution >= 4 is 22.6 Å². The summed E-state index contributed by atoms with van der Waals surface area (Å²) < 4.78 is 7.24. The van der Waals surface area contributed by atoms with Gasteiger partial charge in [-0.05, 0) is 17.7 Å². The van der Waals surface area contributed by atoms with E-state index in [1.165, 1.54) is 0 Å². The van der Waals surface area contributed by atoms with E-state index in [1.807, 2.05) is 24.3 Å². The highest BCUT2D eigenvalue weighted by Crippen LogP contribution is 2.26. The summed E-state index contributed by atoms with van der Waals surface area (Å²) in [5.74, 6) is 0.702. The van der Waals surface area contributed by atoms with Crippen LogP contribution in [0.5, 0.6) is 0 Å². The molecular formula is C22H20N6O2. The number of rotatable bonds is 5. The molecule has 1 aliphatic heterocycles. The Labute approximate surface area is 172 Å². The Hall–Kier alpha value is -3.78. The molecule has 2 aromatic heterocycles. The Balaban J connectivity index is 1.58. The lowest BCUT2D eigenvalue weighted by molar-refractivity contribution is 0.100. The number of fused-ring (bicyclic) bond motifs is 2. The molecule has 3 heterocycles. The van der Waals surface area contributed by atoms with Crippen LogP contribution in [0.1, 0.15) is 27.2 Å². The van der Waals surface area contributed by atoms with E-state index in [1.54, 1.807) is 23.0 Å². The maximum absolute atomic E-state index is 11.8. The molecule has 150 valence electrons. The number of hydrogen-bond acceptors (Lipinski definition) is 6. The molecule has 0 saturated carbocycles. The van der Waals surface area contributed by atoms with Crippen LogP contribution in [0.3, 0.4) is 0 Å². The molecule has 3 N–H and O–H groups in total. The van der Waals surface area contributed by atoms with Gasteiger partial charge in [0.1, 0.15) is 5.82 Å². The molecule has 0 radical (unpaired) electrons. The minimum absolute atomic E-state index is 0.419. The van der Waals surface area contributed by atoms with Crippen molar-refractivity contribution in [2.75, 3.05) is 11.9 Å². The fourth-order valence-corrected chi connectivity index (χ4v) is 3.69. The molecule has 1 amide bonds. The van der Waals surface area contributed by atoms with Gasteiger partial charge in [-0.3, -0.25) is 4.79 Å². The van der Waals surface area contributed by atoms with Gasteiger partial charge in [0.15, 0.2) is 0 Å². The van der Waals surface area contributed by atoms with Gasteiger partial charge in [0.25, 0.3) is 5.95 Å². The monoisotopic (exact) mass is 400 g/mol. The molecule has 2 aromatic carbocycles. The van der Waals surface area contributed by atoms with Gasteiger partial charge in [-0.1, -0.05) is 36.4 Å². The summed E-state index contributed by atoms with van der Waals surface area (Å²) in [5, 5.41) is 8.55. The fourth-order valence-electron chi connectivity index (χ4n) is 3.69. The van der Waals surface area contributed by atoms with Crippen molar-refractivity contribution in [3.63, 3.8) is 0 Å². The van der Waals surface area contributed by atoms with Crippen molar-refractivity contribution in [1.29, 1.82) is 0 Å². The molecule has 1 aliphatic rings. The van der Waals surface area contributed by atoms with Crippen molar-refractivity contribution in [3.8, 4) is 5.95 Å². The SMILES string of the molecule is NC(=O)c1cccc2c1cnn2-c1nc2c(c(NCc3ccccc3)n1)CCOC2. The second kappa shape index (κ2) is 7.57. The number of aromatic nitrogens is 4. The van der Waals surface area contributed by atoms with Gasteiger partial charge in [0, 0.05) is 23.9 Å². The number of nitrogens with zero attached hydrogens (tertiary/aromatic N) is 4. The van der Waals surface area contributed by atoms with Crippen molar-refractivity contribution < 1.29 is 9.53 Å². The number of ether oxygens (including phenoxy) is 1. The maximum atomic E-state index is 11.8. The first-order chi connectivity index (χ1) is 14.7. The lowest BCUT2D eigenvalue weighted by atomic mass is 10.1. The number of carbonyl (C=O) groups is 1. The molecule has 5 rings (SSSR count). The van der Waals surface area contributed by atoms with Gasteiger partial charge in [-0.25, -0.2) is 4.98 Å². The zero-order chi connectivity index (χ0) is 20.5. The van der Waals surface area contributed by atoms with Crippen molar-refractivity contribution in [2.45, 2.75) is 19.6 Å². The van der Waals surface area contributed by atoms with E-state index < -0.39 is 5.91 Å². The zero-order valence-corrected chi connectivity index (χ0v) is 16.2. The normalized spacial score (nSPS) is 13.2. The number of anilines is 1. The molecule has 0 atom stereocenters. The molecule has 0 spiro atoms. The van der Waals surface area contributed by atoms with Crippen molar-refractivity contribution in [2.24, 2.45) is 5.73 Å². The van der Waals surface area contributed by atoms with Crippen LogP contribution in [0, 0.1) is 0 Å². The van der Waals surface area contributed by atoms with Crippen LogP contribution in [0.4, 0.5) is 5.82 Å². The molecule has 0 fully saturated rings. The first-order valence-corrected chi connectivity index (χ1v) is 9.73. The smallest absolute Gasteiger partial charge is 0.253 e. The summed E-state index contributed by atoms with van der Waals surface area (Å²) in [5.41, 5.74) is 9.71. The predicted octanol–water partition coefficient (Wildman–Crippen LogP) is 2.60. The molecule has 0 bridgehead atoms. The summed E-state index contributed by atoms with van der Waals surface area (Å²) in [6.07, 6.45) is 2.37. The minimum atomic E-state index is -0.495. The number of carbonyl (C=O) groups excluding carboxylic acids is 1. The van der Waals surface area contributed by atoms with E-state index >= 15 is 0 Å². The third kappa shape index (κ3) is 3.27. The van der Waals surface area contributed by atoms with Gasteiger partial charge >= 0.3 is 0 Å². The van der Waals surface area contributed by atoms with Crippen molar-refractivity contribution in [3.05, 3.63) is 77.1 Å². The van der Waals surface area contributed by atoms with Crippen molar-refractivity contribution in [1.82, 2.24) is 19.7 Å². The standard InChI is InChI=1S/C22H20N6O2/c23-20(29)15-7-4-8-19-17(15)12-25-28(19)22-26-18-13-30-10-9-16(18)21(27-22)24-11-14-5-2-1-3-6-14/h1-8,12H,9-11,13H2,(H2,23,29)(H,24,26,27). The number of hydrogen-bond donors (Lipinski definition) is 2. The summed E-state index contributed by atoms with van der Waals surface area (Å²) in [4.78, 5) is 21.2. The third-order valence-electron chi connectivity index (χ3n) is 5.19. The number of nitrogens with two attached hydrogens (primary N) is 1. The lowest BCUT2D eigenvalue weighted by Gasteiger charge is -2.20. The molecule has 0 unspecified atom stereocenters. The average Bonchev–Trinajstić information content (AvgIpc) is 3.22. The average molecular weight is 400 g/mol. The Kier molecular flexibility index (Phi) is 4.61. The summed E-state index contributed by atoms with van der Waals surface area (Å²) >= 11 is 0. The highest BCUT2D eigenvalue weighted by Gasteiger charge is 2.21. The topological polar surface area (TPSA) is 108 Å². The second-order valence-corrected chi connectivity index (χ2v) is 7.10. The Morgan fingerprint density at radius 1 is 1.13 bits per heavy atom. The molecular weight excluding hydrogens is 380 g/mol. The largest absolute Gasteiger partial charge is 0.375 e. The Bertz CT molecular complexity index is 1240. The van der Waals surface area contributed by atoms with Gasteiger partial charge < -0.3 is 15.8 Å². The first-order valence-electron chi connectivity index (χ1n) is 9.73. The van der Waals surface area contributed by atoms with Gasteiger partial charge in [-0.15, -0.1) is 0 Å². The van der Waals surface area contributed by atoms with Crippen LogP contribution in [0.2, 0.25) is 0 Å². The first kappa shape index (κ1) is 18.3. The van der Waals surface area contributed by atoms with E-state index in [0.29, 0.717) is 36.7 Å². The lowest BCUT2D eigenvalue weighted by Crippen LogP contribution is -2.19. The fraction of sp³-hybridized carbons (Fsp3) is 0.182. The maximum Gasteiger partial charge on any atom is 0.253 e. The summed E-state index contributed by atoms with van der Waals surface area (Å²) in [7, 11) is 0. The predicted molar refractivity (Wildman–Crippen MR) is 112 cm³/mol. The highest BCUT2D eigenvalue weighted by molar-refractivity contribution is 6.05. The quantitative estimate of drug-likeness (QED) is 0.533. The molecule has 0 saturated heterocycles. The number of primary amides is 1. The molecule has 0 aliphatic carbocycles. The summed E-state index contributed by atoms with van der Waals surface area (Å²) in [6, 6.07) is 15.5. The molecule has 4 aromatic rings. The van der Waals surface area contributed by atoms with Gasteiger partial charge in [0.2, 0.25) is 5.91 Å². The van der Waals surface area contributed by atoms with Crippen LogP contribution in [-0.4, -0.2) is 32.3 Å². The molecule has 8 heteroatoms. The molecule has 30 heavy (non-hydrogen) atoms. The number of amides is 1. The molecule has 8 nitrogen and oxygen atoms in total. The van der Waals surface area contributed by atoms with Gasteiger partial charge in [0.05, 0.1) is 36.2 Å². The van der Waals surface area contributed by atoms with Crippen LogP contribution in [0.25, 0.3) is 16.9 Å². The van der Waals surface area contributed by atoms with E-state index in [0.717, 1.165) is 34.6 Å². The van der Waals surface area contributed by atoms with E-state index in [-0.39, 0.29) is 0 Å². The highest BCUT2D eigenvalue weighted by atomic mass is 16.5.